The fourth-order valence-electron chi connectivity index (χ4n) is 1.95. The van der Waals surface area contributed by atoms with Crippen molar-refractivity contribution >= 4 is 29.6 Å². The molecule has 0 spiro atoms. The van der Waals surface area contributed by atoms with Crippen LogP contribution in [0.25, 0.3) is 0 Å². The van der Waals surface area contributed by atoms with Gasteiger partial charge in [0.05, 0.1) is 0 Å². The van der Waals surface area contributed by atoms with Gasteiger partial charge in [-0.3, -0.25) is 0 Å². The molecule has 1 aromatic rings. The van der Waals surface area contributed by atoms with Crippen LogP contribution in [0.15, 0.2) is 24.3 Å². The Hall–Kier alpha value is 0.0200. The van der Waals surface area contributed by atoms with Crippen molar-refractivity contribution in [3.8, 4) is 5.75 Å². The van der Waals surface area contributed by atoms with Crippen LogP contribution in [-0.2, 0) is 6.42 Å². The molecule has 0 bridgehead atoms. The van der Waals surface area contributed by atoms with E-state index in [1.807, 2.05) is 12.1 Å². The van der Waals surface area contributed by atoms with Gasteiger partial charge in [0.1, 0.15) is 5.75 Å². The molecule has 0 unspecified atom stereocenters. The van der Waals surface area contributed by atoms with Gasteiger partial charge in [0.15, 0.2) is 0 Å². The molecule has 1 N–H and O–H groups in total. The molecule has 0 aliphatic rings. The second-order valence-electron chi connectivity index (χ2n) is 4.54. The van der Waals surface area contributed by atoms with E-state index in [1.165, 1.54) is 50.5 Å². The van der Waals surface area contributed by atoms with Crippen molar-refractivity contribution in [2.75, 3.05) is 0 Å². The van der Waals surface area contributed by atoms with E-state index in [9.17, 15) is 0 Å². The van der Waals surface area contributed by atoms with Gasteiger partial charge in [-0.1, -0.05) is 57.6 Å². The standard InChI is InChI=1S/C15H24O.Na.H/c1-2-3-4-5-6-7-8-9-14-10-12-15(16)13-11-14;;/h10-13,16H,2-9H2,1H3;;. The number of hydrogen-bond donors (Lipinski definition) is 1. The molecule has 0 fully saturated rings. The minimum atomic E-state index is 0. The Labute approximate surface area is 128 Å². The van der Waals surface area contributed by atoms with Crippen LogP contribution in [0.4, 0.5) is 0 Å². The van der Waals surface area contributed by atoms with E-state index in [2.05, 4.69) is 6.92 Å². The Kier molecular flexibility index (Phi) is 11.1. The van der Waals surface area contributed by atoms with Gasteiger partial charge in [0.2, 0.25) is 0 Å². The number of aromatic hydroxyl groups is 1. The van der Waals surface area contributed by atoms with Crippen LogP contribution >= 0.6 is 0 Å². The number of phenolic OH excluding ortho intramolecular Hbond substituents is 1. The van der Waals surface area contributed by atoms with E-state index < -0.39 is 0 Å². The maximum atomic E-state index is 9.15. The zero-order valence-corrected chi connectivity index (χ0v) is 10.4. The summed E-state index contributed by atoms with van der Waals surface area (Å²) < 4.78 is 0. The average molecular weight is 244 g/mol. The van der Waals surface area contributed by atoms with Crippen LogP contribution in [-0.4, -0.2) is 34.7 Å². The molecular weight excluding hydrogens is 219 g/mol. The molecule has 17 heavy (non-hydrogen) atoms. The fraction of sp³-hybridized carbons (Fsp3) is 0.600. The molecule has 2 heteroatoms. The number of unbranched alkanes of at least 4 members (excludes halogenated alkanes) is 6. The molecule has 0 saturated carbocycles. The summed E-state index contributed by atoms with van der Waals surface area (Å²) in [4.78, 5) is 0. The Balaban J connectivity index is 0.00000256. The van der Waals surface area contributed by atoms with Gasteiger partial charge < -0.3 is 5.11 Å². The van der Waals surface area contributed by atoms with Crippen molar-refractivity contribution in [3.63, 3.8) is 0 Å². The van der Waals surface area contributed by atoms with Crippen molar-refractivity contribution in [1.82, 2.24) is 0 Å². The summed E-state index contributed by atoms with van der Waals surface area (Å²) in [7, 11) is 0. The topological polar surface area (TPSA) is 20.2 Å². The maximum absolute atomic E-state index is 9.15. The SMILES string of the molecule is CCCCCCCCCc1ccc(O)cc1.[NaH]. The van der Waals surface area contributed by atoms with Gasteiger partial charge in [0, 0.05) is 0 Å². The first-order chi connectivity index (χ1) is 7.83. The monoisotopic (exact) mass is 244 g/mol. The van der Waals surface area contributed by atoms with Crippen molar-refractivity contribution in [2.24, 2.45) is 0 Å². The number of benzene rings is 1. The predicted octanol–water partition coefficient (Wildman–Crippen LogP) is 4.04. The molecular formula is C15H25NaO. The molecule has 0 saturated heterocycles. The Morgan fingerprint density at radius 1 is 0.824 bits per heavy atom. The molecule has 0 aliphatic carbocycles. The molecule has 1 aromatic carbocycles. The third-order valence-electron chi connectivity index (χ3n) is 3.01. The van der Waals surface area contributed by atoms with E-state index >= 15 is 0 Å². The quantitative estimate of drug-likeness (QED) is 0.540. The van der Waals surface area contributed by atoms with Gasteiger partial charge >= 0.3 is 29.6 Å². The minimum absolute atomic E-state index is 0. The molecule has 1 rings (SSSR count). The normalized spacial score (nSPS) is 9.94. The van der Waals surface area contributed by atoms with Crippen LogP contribution in [0.5, 0.6) is 5.75 Å². The molecule has 0 aliphatic heterocycles. The summed E-state index contributed by atoms with van der Waals surface area (Å²) in [5, 5.41) is 9.15. The average Bonchev–Trinajstić information content (AvgIpc) is 2.30. The summed E-state index contributed by atoms with van der Waals surface area (Å²) in [5.41, 5.74) is 1.34. The van der Waals surface area contributed by atoms with Crippen LogP contribution in [0.1, 0.15) is 57.4 Å². The van der Waals surface area contributed by atoms with Gasteiger partial charge in [-0.15, -0.1) is 0 Å². The molecule has 0 radical (unpaired) electrons. The van der Waals surface area contributed by atoms with Crippen molar-refractivity contribution in [2.45, 2.75) is 58.3 Å². The molecule has 0 amide bonds. The molecule has 0 aromatic heterocycles. The summed E-state index contributed by atoms with van der Waals surface area (Å²) in [6, 6.07) is 7.59. The third-order valence-corrected chi connectivity index (χ3v) is 3.01. The summed E-state index contributed by atoms with van der Waals surface area (Å²) >= 11 is 0. The fourth-order valence-corrected chi connectivity index (χ4v) is 1.95. The van der Waals surface area contributed by atoms with Gasteiger partial charge in [0.25, 0.3) is 0 Å². The first-order valence-electron chi connectivity index (χ1n) is 6.61. The van der Waals surface area contributed by atoms with E-state index in [0.717, 1.165) is 6.42 Å². The van der Waals surface area contributed by atoms with Crippen LogP contribution < -0.4 is 0 Å². The van der Waals surface area contributed by atoms with Crippen molar-refractivity contribution in [1.29, 1.82) is 0 Å². The van der Waals surface area contributed by atoms with Gasteiger partial charge in [-0.25, -0.2) is 0 Å². The molecule has 92 valence electrons. The van der Waals surface area contributed by atoms with Gasteiger partial charge in [-0.2, -0.15) is 0 Å². The molecule has 0 heterocycles. The first-order valence-corrected chi connectivity index (χ1v) is 6.61. The van der Waals surface area contributed by atoms with E-state index in [0.29, 0.717) is 5.75 Å². The van der Waals surface area contributed by atoms with Crippen molar-refractivity contribution in [3.05, 3.63) is 29.8 Å². The Bertz CT molecular complexity index is 269. The van der Waals surface area contributed by atoms with Crippen LogP contribution in [0.3, 0.4) is 0 Å². The molecule has 0 atom stereocenters. The van der Waals surface area contributed by atoms with Crippen molar-refractivity contribution < 1.29 is 5.11 Å². The Morgan fingerprint density at radius 2 is 1.35 bits per heavy atom. The van der Waals surface area contributed by atoms with E-state index in [1.54, 1.807) is 12.1 Å². The summed E-state index contributed by atoms with van der Waals surface area (Å²) in [5.74, 6) is 0.364. The number of rotatable bonds is 8. The summed E-state index contributed by atoms with van der Waals surface area (Å²) in [6.45, 7) is 2.25. The van der Waals surface area contributed by atoms with Crippen LogP contribution in [0.2, 0.25) is 0 Å². The Morgan fingerprint density at radius 3 is 1.94 bits per heavy atom. The molecule has 1 nitrogen and oxygen atoms in total. The predicted molar refractivity (Wildman–Crippen MR) is 77.0 cm³/mol. The van der Waals surface area contributed by atoms with Gasteiger partial charge in [-0.05, 0) is 30.5 Å². The second kappa shape index (κ2) is 11.1. The zero-order chi connectivity index (χ0) is 11.6. The number of phenols is 1. The third kappa shape index (κ3) is 8.70. The number of aryl methyl sites for hydroxylation is 1. The van der Waals surface area contributed by atoms with E-state index in [4.69, 9.17) is 5.11 Å². The second-order valence-corrected chi connectivity index (χ2v) is 4.54. The number of hydrogen-bond acceptors (Lipinski definition) is 1. The van der Waals surface area contributed by atoms with Crippen LogP contribution in [0, 0.1) is 0 Å². The summed E-state index contributed by atoms with van der Waals surface area (Å²) in [6.07, 6.45) is 10.6. The first kappa shape index (κ1) is 17.0. The zero-order valence-electron chi connectivity index (χ0n) is 10.4. The van der Waals surface area contributed by atoms with E-state index in [-0.39, 0.29) is 29.6 Å².